The molecule has 112 valence electrons. The molecule has 2 aliphatic heterocycles. The number of pyridine rings is 1. The quantitative estimate of drug-likeness (QED) is 0.832. The summed E-state index contributed by atoms with van der Waals surface area (Å²) in [4.78, 5) is 32.9. The molecule has 3 rings (SSSR count). The van der Waals surface area contributed by atoms with Crippen LogP contribution in [0.1, 0.15) is 43.1 Å². The molecule has 0 saturated carbocycles. The van der Waals surface area contributed by atoms with Crippen molar-refractivity contribution in [2.45, 2.75) is 38.1 Å². The molecular formula is C16H21N3O2. The first-order chi connectivity index (χ1) is 10.2. The van der Waals surface area contributed by atoms with Crippen LogP contribution in [0.15, 0.2) is 24.4 Å². The largest absolute Gasteiger partial charge is 0.341 e. The van der Waals surface area contributed by atoms with Crippen LogP contribution in [0.3, 0.4) is 0 Å². The summed E-state index contributed by atoms with van der Waals surface area (Å²) in [5.41, 5.74) is 0.154. The Hall–Kier alpha value is -1.91. The summed E-state index contributed by atoms with van der Waals surface area (Å²) >= 11 is 0. The molecule has 3 heterocycles. The van der Waals surface area contributed by atoms with Gasteiger partial charge in [-0.3, -0.25) is 14.6 Å². The minimum Gasteiger partial charge on any atom is -0.341 e. The number of carbonyl (C=O) groups is 2. The number of piperidine rings is 1. The SMILES string of the molecule is CCN1CC2(CCCCN2C(=O)c2ccccn2)CC1=O. The monoisotopic (exact) mass is 287 g/mol. The van der Waals surface area contributed by atoms with Crippen LogP contribution >= 0.6 is 0 Å². The lowest BCUT2D eigenvalue weighted by Crippen LogP contribution is -2.56. The molecule has 2 saturated heterocycles. The Kier molecular flexibility index (Phi) is 3.66. The molecule has 0 aromatic carbocycles. The molecule has 0 N–H and O–H groups in total. The maximum Gasteiger partial charge on any atom is 0.272 e. The Balaban J connectivity index is 1.89. The molecule has 2 amide bonds. The smallest absolute Gasteiger partial charge is 0.272 e. The fraction of sp³-hybridized carbons (Fsp3) is 0.562. The minimum absolute atomic E-state index is 0.0407. The lowest BCUT2D eigenvalue weighted by molar-refractivity contribution is -0.127. The molecule has 2 aliphatic rings. The van der Waals surface area contributed by atoms with Crippen molar-refractivity contribution in [2.75, 3.05) is 19.6 Å². The molecule has 0 aliphatic carbocycles. The normalized spacial score (nSPS) is 25.7. The van der Waals surface area contributed by atoms with Crippen molar-refractivity contribution < 1.29 is 9.59 Å². The van der Waals surface area contributed by atoms with E-state index in [4.69, 9.17) is 0 Å². The van der Waals surface area contributed by atoms with Gasteiger partial charge in [0.05, 0.1) is 12.0 Å². The fourth-order valence-electron chi connectivity index (χ4n) is 3.57. The minimum atomic E-state index is -0.319. The number of likely N-dealkylation sites (tertiary alicyclic amines) is 2. The highest BCUT2D eigenvalue weighted by atomic mass is 16.2. The number of likely N-dealkylation sites (N-methyl/N-ethyl adjacent to an activating group) is 1. The first-order valence-corrected chi connectivity index (χ1v) is 7.67. The highest BCUT2D eigenvalue weighted by Gasteiger charge is 2.49. The van der Waals surface area contributed by atoms with Crippen molar-refractivity contribution in [1.82, 2.24) is 14.8 Å². The van der Waals surface area contributed by atoms with Crippen molar-refractivity contribution in [2.24, 2.45) is 0 Å². The van der Waals surface area contributed by atoms with Crippen molar-refractivity contribution in [3.63, 3.8) is 0 Å². The number of amides is 2. The van der Waals surface area contributed by atoms with Crippen molar-refractivity contribution in [1.29, 1.82) is 0 Å². The van der Waals surface area contributed by atoms with Gasteiger partial charge in [0.25, 0.3) is 5.91 Å². The maximum atomic E-state index is 12.8. The van der Waals surface area contributed by atoms with Crippen LogP contribution in [0.5, 0.6) is 0 Å². The molecule has 0 radical (unpaired) electrons. The van der Waals surface area contributed by atoms with Gasteiger partial charge in [0.15, 0.2) is 0 Å². The predicted molar refractivity (Wildman–Crippen MR) is 78.7 cm³/mol. The van der Waals surface area contributed by atoms with Gasteiger partial charge in [0, 0.05) is 25.8 Å². The second-order valence-corrected chi connectivity index (χ2v) is 5.94. The zero-order valence-electron chi connectivity index (χ0n) is 12.4. The van der Waals surface area contributed by atoms with E-state index in [-0.39, 0.29) is 17.4 Å². The summed E-state index contributed by atoms with van der Waals surface area (Å²) in [6, 6.07) is 5.38. The topological polar surface area (TPSA) is 53.5 Å². The highest BCUT2D eigenvalue weighted by Crippen LogP contribution is 2.37. The number of hydrogen-bond donors (Lipinski definition) is 0. The Morgan fingerprint density at radius 1 is 1.38 bits per heavy atom. The summed E-state index contributed by atoms with van der Waals surface area (Å²) in [5.74, 6) is 0.124. The Bertz CT molecular complexity index is 546. The summed E-state index contributed by atoms with van der Waals surface area (Å²) in [6.45, 7) is 4.10. The highest BCUT2D eigenvalue weighted by molar-refractivity contribution is 5.94. The average molecular weight is 287 g/mol. The van der Waals surface area contributed by atoms with Gasteiger partial charge in [-0.05, 0) is 38.3 Å². The molecule has 1 unspecified atom stereocenters. The summed E-state index contributed by atoms with van der Waals surface area (Å²) in [7, 11) is 0. The van der Waals surface area contributed by atoms with E-state index < -0.39 is 0 Å². The van der Waals surface area contributed by atoms with E-state index in [9.17, 15) is 9.59 Å². The third kappa shape index (κ3) is 2.41. The van der Waals surface area contributed by atoms with Gasteiger partial charge >= 0.3 is 0 Å². The summed E-state index contributed by atoms with van der Waals surface area (Å²) < 4.78 is 0. The Labute approximate surface area is 124 Å². The lowest BCUT2D eigenvalue weighted by atomic mass is 9.85. The average Bonchev–Trinajstić information content (AvgIpc) is 2.84. The molecule has 1 spiro atoms. The van der Waals surface area contributed by atoms with Gasteiger partial charge in [-0.2, -0.15) is 0 Å². The van der Waals surface area contributed by atoms with Gasteiger partial charge < -0.3 is 9.80 Å². The first kappa shape index (κ1) is 14.0. The second-order valence-electron chi connectivity index (χ2n) is 5.94. The van der Waals surface area contributed by atoms with Gasteiger partial charge in [0.1, 0.15) is 5.69 Å². The fourth-order valence-corrected chi connectivity index (χ4v) is 3.57. The van der Waals surface area contributed by atoms with E-state index in [0.717, 1.165) is 25.8 Å². The molecule has 1 aromatic heterocycles. The predicted octanol–water partition coefficient (Wildman–Crippen LogP) is 1.70. The van der Waals surface area contributed by atoms with E-state index in [2.05, 4.69) is 4.98 Å². The number of aromatic nitrogens is 1. The van der Waals surface area contributed by atoms with E-state index in [0.29, 0.717) is 25.2 Å². The van der Waals surface area contributed by atoms with Crippen molar-refractivity contribution >= 4 is 11.8 Å². The second kappa shape index (κ2) is 5.47. The molecule has 21 heavy (non-hydrogen) atoms. The van der Waals surface area contributed by atoms with Crippen LogP contribution in [-0.4, -0.2) is 51.8 Å². The standard InChI is InChI=1S/C16H21N3O2/c1-2-18-12-16(11-14(18)20)8-4-6-10-19(16)15(21)13-7-3-5-9-17-13/h3,5,7,9H,2,4,6,8,10-12H2,1H3. The van der Waals surface area contributed by atoms with Crippen LogP contribution in [0.4, 0.5) is 0 Å². The van der Waals surface area contributed by atoms with Crippen molar-refractivity contribution in [3.05, 3.63) is 30.1 Å². The van der Waals surface area contributed by atoms with Crippen molar-refractivity contribution in [3.8, 4) is 0 Å². The van der Waals surface area contributed by atoms with Gasteiger partial charge in [0.2, 0.25) is 5.91 Å². The van der Waals surface area contributed by atoms with Crippen LogP contribution in [0, 0.1) is 0 Å². The Morgan fingerprint density at radius 2 is 2.24 bits per heavy atom. The number of nitrogens with zero attached hydrogens (tertiary/aromatic N) is 3. The lowest BCUT2D eigenvalue weighted by Gasteiger charge is -2.44. The van der Waals surface area contributed by atoms with Crippen LogP contribution in [0.2, 0.25) is 0 Å². The van der Waals surface area contributed by atoms with Gasteiger partial charge in [-0.15, -0.1) is 0 Å². The van der Waals surface area contributed by atoms with Gasteiger partial charge in [-0.25, -0.2) is 0 Å². The first-order valence-electron chi connectivity index (χ1n) is 7.67. The number of hydrogen-bond acceptors (Lipinski definition) is 3. The van der Waals surface area contributed by atoms with E-state index in [1.165, 1.54) is 0 Å². The van der Waals surface area contributed by atoms with Crippen LogP contribution in [0.25, 0.3) is 0 Å². The third-order valence-electron chi connectivity index (χ3n) is 4.68. The van der Waals surface area contributed by atoms with Gasteiger partial charge in [-0.1, -0.05) is 6.07 Å². The molecule has 1 aromatic rings. The molecule has 2 fully saturated rings. The third-order valence-corrected chi connectivity index (χ3v) is 4.68. The maximum absolute atomic E-state index is 12.8. The van der Waals surface area contributed by atoms with Crippen LogP contribution < -0.4 is 0 Å². The van der Waals surface area contributed by atoms with E-state index in [1.54, 1.807) is 18.3 Å². The molecule has 5 nitrogen and oxygen atoms in total. The molecule has 0 bridgehead atoms. The Morgan fingerprint density at radius 3 is 2.90 bits per heavy atom. The molecule has 1 atom stereocenters. The summed E-state index contributed by atoms with van der Waals surface area (Å²) in [6.07, 6.45) is 5.09. The van der Waals surface area contributed by atoms with E-state index in [1.807, 2.05) is 22.8 Å². The van der Waals surface area contributed by atoms with E-state index >= 15 is 0 Å². The number of carbonyl (C=O) groups excluding carboxylic acids is 2. The summed E-state index contributed by atoms with van der Waals surface area (Å²) in [5, 5.41) is 0. The molecule has 5 heteroatoms. The van der Waals surface area contributed by atoms with Crippen LogP contribution in [-0.2, 0) is 4.79 Å². The zero-order valence-corrected chi connectivity index (χ0v) is 12.4. The zero-order chi connectivity index (χ0) is 14.9. The molecular weight excluding hydrogens is 266 g/mol. The number of rotatable bonds is 2.